The summed E-state index contributed by atoms with van der Waals surface area (Å²) in [5, 5.41) is 2.64. The van der Waals surface area contributed by atoms with Crippen LogP contribution < -0.4 is 11.1 Å². The lowest BCUT2D eigenvalue weighted by Crippen LogP contribution is -2.34. The number of hydrogen-bond acceptors (Lipinski definition) is 4. The van der Waals surface area contributed by atoms with E-state index in [1.807, 2.05) is 26.1 Å². The number of aromatic nitrogens is 1. The minimum atomic E-state index is -0.0361. The van der Waals surface area contributed by atoms with Crippen LogP contribution in [0.4, 0.5) is 5.82 Å². The summed E-state index contributed by atoms with van der Waals surface area (Å²) in [5.41, 5.74) is 6.53. The highest BCUT2D eigenvalue weighted by Crippen LogP contribution is 2.05. The molecule has 0 fully saturated rings. The van der Waals surface area contributed by atoms with E-state index in [4.69, 9.17) is 5.73 Å². The standard InChI is InChI=1S/C12H20N4O/c1-9(12(17)14-2)7-16(3)8-10-5-4-6-11(13)15-10/h4-6,9H,7-8H2,1-3H3,(H2,13,15)(H,14,17). The summed E-state index contributed by atoms with van der Waals surface area (Å²) in [5.74, 6) is 0.540. The average molecular weight is 236 g/mol. The third-order valence-corrected chi connectivity index (χ3v) is 2.54. The highest BCUT2D eigenvalue weighted by molar-refractivity contribution is 5.78. The molecule has 0 saturated carbocycles. The van der Waals surface area contributed by atoms with Gasteiger partial charge >= 0.3 is 0 Å². The van der Waals surface area contributed by atoms with Gasteiger partial charge in [0, 0.05) is 26.1 Å². The molecular weight excluding hydrogens is 216 g/mol. The van der Waals surface area contributed by atoms with Crippen molar-refractivity contribution in [2.45, 2.75) is 13.5 Å². The van der Waals surface area contributed by atoms with E-state index in [0.29, 0.717) is 18.9 Å². The molecule has 1 atom stereocenters. The zero-order chi connectivity index (χ0) is 12.8. The summed E-state index contributed by atoms with van der Waals surface area (Å²) in [6.07, 6.45) is 0. The second kappa shape index (κ2) is 6.20. The van der Waals surface area contributed by atoms with Gasteiger partial charge in [-0.1, -0.05) is 13.0 Å². The molecule has 0 bridgehead atoms. The van der Waals surface area contributed by atoms with Gasteiger partial charge in [-0.3, -0.25) is 9.69 Å². The number of nitrogens with zero attached hydrogens (tertiary/aromatic N) is 2. The number of hydrogen-bond donors (Lipinski definition) is 2. The maximum absolute atomic E-state index is 11.4. The first-order valence-electron chi connectivity index (χ1n) is 5.64. The van der Waals surface area contributed by atoms with Crippen LogP contribution in [0.5, 0.6) is 0 Å². The Morgan fingerprint density at radius 3 is 2.88 bits per heavy atom. The summed E-state index contributed by atoms with van der Waals surface area (Å²) in [6, 6.07) is 5.57. The number of amides is 1. The molecule has 5 heteroatoms. The van der Waals surface area contributed by atoms with Gasteiger partial charge in [0.2, 0.25) is 5.91 Å². The van der Waals surface area contributed by atoms with E-state index in [0.717, 1.165) is 5.69 Å². The Kier molecular flexibility index (Phi) is 4.90. The van der Waals surface area contributed by atoms with Gasteiger partial charge in [0.15, 0.2) is 0 Å². The van der Waals surface area contributed by atoms with E-state index in [9.17, 15) is 4.79 Å². The van der Waals surface area contributed by atoms with Crippen molar-refractivity contribution in [2.24, 2.45) is 5.92 Å². The molecule has 94 valence electrons. The smallest absolute Gasteiger partial charge is 0.223 e. The summed E-state index contributed by atoms with van der Waals surface area (Å²) < 4.78 is 0. The van der Waals surface area contributed by atoms with Crippen LogP contribution in [0, 0.1) is 5.92 Å². The highest BCUT2D eigenvalue weighted by atomic mass is 16.1. The molecule has 5 nitrogen and oxygen atoms in total. The van der Waals surface area contributed by atoms with Crippen LogP contribution in [0.2, 0.25) is 0 Å². The maximum Gasteiger partial charge on any atom is 0.223 e. The lowest BCUT2D eigenvalue weighted by atomic mass is 10.1. The van der Waals surface area contributed by atoms with E-state index >= 15 is 0 Å². The Bertz CT molecular complexity index is 381. The normalized spacial score (nSPS) is 12.5. The van der Waals surface area contributed by atoms with Crippen molar-refractivity contribution < 1.29 is 4.79 Å². The molecule has 0 aromatic carbocycles. The number of carbonyl (C=O) groups is 1. The van der Waals surface area contributed by atoms with Crippen molar-refractivity contribution in [3.8, 4) is 0 Å². The Hall–Kier alpha value is -1.62. The van der Waals surface area contributed by atoms with Crippen LogP contribution in [0.15, 0.2) is 18.2 Å². The predicted molar refractivity (Wildman–Crippen MR) is 68.2 cm³/mol. The van der Waals surface area contributed by atoms with Crippen molar-refractivity contribution >= 4 is 11.7 Å². The van der Waals surface area contributed by atoms with Crippen molar-refractivity contribution in [3.63, 3.8) is 0 Å². The number of anilines is 1. The fraction of sp³-hybridized carbons (Fsp3) is 0.500. The molecule has 0 aliphatic heterocycles. The number of pyridine rings is 1. The first-order chi connectivity index (χ1) is 8.02. The average Bonchev–Trinajstić information content (AvgIpc) is 2.27. The van der Waals surface area contributed by atoms with Gasteiger partial charge in [0.05, 0.1) is 5.69 Å². The van der Waals surface area contributed by atoms with Crippen LogP contribution in [0.3, 0.4) is 0 Å². The maximum atomic E-state index is 11.4. The second-order valence-electron chi connectivity index (χ2n) is 4.27. The van der Waals surface area contributed by atoms with E-state index in [2.05, 4.69) is 15.2 Å². The van der Waals surface area contributed by atoms with Crippen molar-refractivity contribution in [1.82, 2.24) is 15.2 Å². The van der Waals surface area contributed by atoms with Gasteiger partial charge in [-0.05, 0) is 19.2 Å². The largest absolute Gasteiger partial charge is 0.384 e. The Balaban J connectivity index is 2.49. The SMILES string of the molecule is CNC(=O)C(C)CN(C)Cc1cccc(N)n1. The van der Waals surface area contributed by atoms with Crippen LogP contribution in [-0.2, 0) is 11.3 Å². The van der Waals surface area contributed by atoms with Crippen molar-refractivity contribution in [1.29, 1.82) is 0 Å². The van der Waals surface area contributed by atoms with E-state index < -0.39 is 0 Å². The summed E-state index contributed by atoms with van der Waals surface area (Å²) >= 11 is 0. The zero-order valence-electron chi connectivity index (χ0n) is 10.6. The minimum absolute atomic E-state index is 0.0361. The van der Waals surface area contributed by atoms with Crippen LogP contribution in [0.1, 0.15) is 12.6 Å². The van der Waals surface area contributed by atoms with E-state index in [-0.39, 0.29) is 11.8 Å². The molecule has 1 aromatic rings. The fourth-order valence-corrected chi connectivity index (χ4v) is 1.72. The Morgan fingerprint density at radius 2 is 2.29 bits per heavy atom. The zero-order valence-corrected chi connectivity index (χ0v) is 10.6. The monoisotopic (exact) mass is 236 g/mol. The molecule has 1 rings (SSSR count). The number of rotatable bonds is 5. The third kappa shape index (κ3) is 4.40. The van der Waals surface area contributed by atoms with Gasteiger partial charge in [0.25, 0.3) is 0 Å². The molecule has 17 heavy (non-hydrogen) atoms. The molecule has 0 aliphatic rings. The fourth-order valence-electron chi connectivity index (χ4n) is 1.72. The topological polar surface area (TPSA) is 71.2 Å². The summed E-state index contributed by atoms with van der Waals surface area (Å²) in [4.78, 5) is 17.7. The predicted octanol–water partition coefficient (Wildman–Crippen LogP) is 0.478. The molecule has 0 radical (unpaired) electrons. The third-order valence-electron chi connectivity index (χ3n) is 2.54. The molecular formula is C12H20N4O. The van der Waals surface area contributed by atoms with Crippen molar-refractivity contribution in [2.75, 3.05) is 26.4 Å². The highest BCUT2D eigenvalue weighted by Gasteiger charge is 2.13. The first-order valence-corrected chi connectivity index (χ1v) is 5.64. The summed E-state index contributed by atoms with van der Waals surface area (Å²) in [6.45, 7) is 3.28. The summed E-state index contributed by atoms with van der Waals surface area (Å²) in [7, 11) is 3.61. The Labute approximate surface area is 102 Å². The number of nitrogens with one attached hydrogen (secondary N) is 1. The molecule has 1 heterocycles. The van der Waals surface area contributed by atoms with E-state index in [1.165, 1.54) is 0 Å². The van der Waals surface area contributed by atoms with Crippen LogP contribution in [0.25, 0.3) is 0 Å². The van der Waals surface area contributed by atoms with Crippen LogP contribution >= 0.6 is 0 Å². The minimum Gasteiger partial charge on any atom is -0.384 e. The lowest BCUT2D eigenvalue weighted by molar-refractivity contribution is -0.124. The molecule has 1 aromatic heterocycles. The quantitative estimate of drug-likeness (QED) is 0.780. The van der Waals surface area contributed by atoms with Gasteiger partial charge in [-0.2, -0.15) is 0 Å². The molecule has 1 amide bonds. The Morgan fingerprint density at radius 1 is 1.59 bits per heavy atom. The molecule has 3 N–H and O–H groups in total. The lowest BCUT2D eigenvalue weighted by Gasteiger charge is -2.20. The number of nitrogen functional groups attached to an aromatic ring is 1. The number of nitrogens with two attached hydrogens (primary N) is 1. The van der Waals surface area contributed by atoms with Gasteiger partial charge in [-0.15, -0.1) is 0 Å². The second-order valence-corrected chi connectivity index (χ2v) is 4.27. The van der Waals surface area contributed by atoms with Gasteiger partial charge in [0.1, 0.15) is 5.82 Å². The first kappa shape index (κ1) is 13.4. The molecule has 0 aliphatic carbocycles. The molecule has 1 unspecified atom stereocenters. The van der Waals surface area contributed by atoms with E-state index in [1.54, 1.807) is 13.1 Å². The molecule has 0 saturated heterocycles. The van der Waals surface area contributed by atoms with Crippen LogP contribution in [-0.4, -0.2) is 36.4 Å². The molecule has 0 spiro atoms. The van der Waals surface area contributed by atoms with Gasteiger partial charge < -0.3 is 11.1 Å². The van der Waals surface area contributed by atoms with Gasteiger partial charge in [-0.25, -0.2) is 4.98 Å². The van der Waals surface area contributed by atoms with Crippen molar-refractivity contribution in [3.05, 3.63) is 23.9 Å². The number of carbonyl (C=O) groups excluding carboxylic acids is 1.